The van der Waals surface area contributed by atoms with Crippen molar-refractivity contribution in [3.8, 4) is 0 Å². The lowest BCUT2D eigenvalue weighted by Gasteiger charge is -2.27. The number of hydrogen-bond acceptors (Lipinski definition) is 4. The van der Waals surface area contributed by atoms with Crippen molar-refractivity contribution in [2.24, 2.45) is 5.10 Å². The number of hydrazone groups is 1. The molecule has 0 radical (unpaired) electrons. The number of benzene rings is 1. The maximum atomic E-state index is 13.2. The number of anilines is 1. The molecule has 2 aliphatic heterocycles. The van der Waals surface area contributed by atoms with Crippen molar-refractivity contribution >= 4 is 17.9 Å². The van der Waals surface area contributed by atoms with Crippen LogP contribution in [0.25, 0.3) is 0 Å². The third-order valence-electron chi connectivity index (χ3n) is 5.63. The fourth-order valence-electron chi connectivity index (χ4n) is 4.19. The Balaban J connectivity index is 1.46. The van der Waals surface area contributed by atoms with E-state index in [0.717, 1.165) is 36.2 Å². The number of carbonyl (C=O) groups excluding carboxylic acids is 1. The van der Waals surface area contributed by atoms with Gasteiger partial charge >= 0.3 is 6.03 Å². The first-order chi connectivity index (χ1) is 14.1. The van der Waals surface area contributed by atoms with Crippen LogP contribution in [0.2, 0.25) is 0 Å². The lowest BCUT2D eigenvalue weighted by Crippen LogP contribution is -2.47. The molecule has 1 aromatic carbocycles. The molecule has 0 spiro atoms. The van der Waals surface area contributed by atoms with Gasteiger partial charge in [-0.25, -0.2) is 9.18 Å². The highest BCUT2D eigenvalue weighted by Gasteiger charge is 2.43. The number of aromatic nitrogens is 1. The number of fused-ring (bicyclic) bond motifs is 1. The number of nitrogens with one attached hydrogen (secondary N) is 1. The molecule has 2 amide bonds. The highest BCUT2D eigenvalue weighted by Crippen LogP contribution is 2.32. The molecule has 3 atom stereocenters. The summed E-state index contributed by atoms with van der Waals surface area (Å²) in [6, 6.07) is 10.2. The number of carbonyl (C=O) groups is 1. The molecule has 4 rings (SSSR count). The summed E-state index contributed by atoms with van der Waals surface area (Å²) in [6.45, 7) is 4.74. The van der Waals surface area contributed by atoms with E-state index in [1.54, 1.807) is 18.3 Å². The average Bonchev–Trinajstić information content (AvgIpc) is 3.30. The molecule has 3 heterocycles. The number of likely N-dealkylation sites (tertiary alicyclic amines) is 1. The topological polar surface area (TPSA) is 60.8 Å². The fraction of sp³-hybridized carbons (Fsp3) is 0.409. The molecule has 1 fully saturated rings. The zero-order valence-electron chi connectivity index (χ0n) is 16.8. The highest BCUT2D eigenvalue weighted by atomic mass is 19.1. The highest BCUT2D eigenvalue weighted by molar-refractivity contribution is 5.83. The Morgan fingerprint density at radius 3 is 2.83 bits per heavy atom. The van der Waals surface area contributed by atoms with Gasteiger partial charge in [-0.05, 0) is 61.7 Å². The van der Waals surface area contributed by atoms with Gasteiger partial charge in [0.25, 0.3) is 0 Å². The SMILES string of the molecule is CCC[C@H](NC(=O)N1CCC2C1C=NN2c1ccc(F)cc1)c1ccnc(C)c1. The molecular weight excluding hydrogens is 369 g/mol. The van der Waals surface area contributed by atoms with Gasteiger partial charge in [0.05, 0.1) is 23.8 Å². The second kappa shape index (κ2) is 8.19. The van der Waals surface area contributed by atoms with E-state index >= 15 is 0 Å². The molecule has 0 aliphatic carbocycles. The van der Waals surface area contributed by atoms with Crippen molar-refractivity contribution in [2.45, 2.75) is 51.2 Å². The summed E-state index contributed by atoms with van der Waals surface area (Å²) in [4.78, 5) is 19.2. The predicted molar refractivity (Wildman–Crippen MR) is 111 cm³/mol. The third-order valence-corrected chi connectivity index (χ3v) is 5.63. The zero-order chi connectivity index (χ0) is 20.4. The van der Waals surface area contributed by atoms with Crippen molar-refractivity contribution in [2.75, 3.05) is 11.6 Å². The number of rotatable bonds is 5. The molecule has 0 bridgehead atoms. The van der Waals surface area contributed by atoms with Crippen LogP contribution >= 0.6 is 0 Å². The lowest BCUT2D eigenvalue weighted by atomic mass is 10.0. The molecule has 1 aromatic heterocycles. The summed E-state index contributed by atoms with van der Waals surface area (Å²) in [5, 5.41) is 9.60. The summed E-state index contributed by atoms with van der Waals surface area (Å²) in [5.41, 5.74) is 2.86. The van der Waals surface area contributed by atoms with Crippen LogP contribution in [-0.4, -0.2) is 40.8 Å². The molecule has 1 saturated heterocycles. The standard InChI is InChI=1S/C22H26FN5O/c1-3-4-19(16-9-11-24-15(2)13-16)26-22(29)27-12-10-20-21(27)14-25-28(20)18-7-5-17(23)6-8-18/h5-9,11,13-14,19-21H,3-4,10,12H2,1-2H3,(H,26,29)/t19-,20?,21?/m0/s1. The molecule has 152 valence electrons. The summed E-state index contributed by atoms with van der Waals surface area (Å²) >= 11 is 0. The first-order valence-corrected chi connectivity index (χ1v) is 10.2. The normalized spacial score (nSPS) is 21.3. The van der Waals surface area contributed by atoms with Gasteiger partial charge in [0, 0.05) is 24.7 Å². The third kappa shape index (κ3) is 3.95. The van der Waals surface area contributed by atoms with Gasteiger partial charge in [0.1, 0.15) is 5.82 Å². The molecule has 0 saturated carbocycles. The Labute approximate surface area is 170 Å². The predicted octanol–water partition coefficient (Wildman–Crippen LogP) is 4.03. The van der Waals surface area contributed by atoms with Gasteiger partial charge in [-0.15, -0.1) is 0 Å². The first kappa shape index (κ1) is 19.4. The van der Waals surface area contributed by atoms with Crippen LogP contribution in [0.3, 0.4) is 0 Å². The minimum absolute atomic E-state index is 0.0419. The van der Waals surface area contributed by atoms with Gasteiger partial charge in [0.15, 0.2) is 0 Å². The van der Waals surface area contributed by atoms with Gasteiger partial charge in [0.2, 0.25) is 0 Å². The van der Waals surface area contributed by atoms with Crippen molar-refractivity contribution in [3.63, 3.8) is 0 Å². The number of urea groups is 1. The van der Waals surface area contributed by atoms with E-state index in [2.05, 4.69) is 22.3 Å². The largest absolute Gasteiger partial charge is 0.331 e. The van der Waals surface area contributed by atoms with Crippen LogP contribution in [0.15, 0.2) is 47.7 Å². The van der Waals surface area contributed by atoms with Gasteiger partial charge in [-0.2, -0.15) is 5.10 Å². The van der Waals surface area contributed by atoms with Crippen LogP contribution < -0.4 is 10.3 Å². The minimum Gasteiger partial charge on any atom is -0.331 e. The van der Waals surface area contributed by atoms with Crippen molar-refractivity contribution in [1.29, 1.82) is 0 Å². The molecule has 1 N–H and O–H groups in total. The van der Waals surface area contributed by atoms with E-state index in [4.69, 9.17) is 0 Å². The number of amides is 2. The number of aryl methyl sites for hydroxylation is 1. The summed E-state index contributed by atoms with van der Waals surface area (Å²) in [5.74, 6) is -0.269. The smallest absolute Gasteiger partial charge is 0.318 e. The summed E-state index contributed by atoms with van der Waals surface area (Å²) < 4.78 is 13.2. The minimum atomic E-state index is -0.269. The Hall–Kier alpha value is -2.96. The fourth-order valence-corrected chi connectivity index (χ4v) is 4.19. The Morgan fingerprint density at radius 1 is 1.31 bits per heavy atom. The molecular formula is C22H26FN5O. The average molecular weight is 395 g/mol. The van der Waals surface area contributed by atoms with E-state index in [9.17, 15) is 9.18 Å². The van der Waals surface area contributed by atoms with Crippen LogP contribution in [0, 0.1) is 12.7 Å². The summed E-state index contributed by atoms with van der Waals surface area (Å²) in [6.07, 6.45) is 6.27. The molecule has 2 aromatic rings. The van der Waals surface area contributed by atoms with Crippen LogP contribution in [-0.2, 0) is 0 Å². The monoisotopic (exact) mass is 395 g/mol. The Bertz CT molecular complexity index is 900. The van der Waals surface area contributed by atoms with Gasteiger partial charge in [-0.1, -0.05) is 13.3 Å². The van der Waals surface area contributed by atoms with Crippen LogP contribution in [0.5, 0.6) is 0 Å². The lowest BCUT2D eigenvalue weighted by molar-refractivity contribution is 0.198. The van der Waals surface area contributed by atoms with E-state index in [-0.39, 0.29) is 30.0 Å². The number of nitrogens with zero attached hydrogens (tertiary/aromatic N) is 4. The summed E-state index contributed by atoms with van der Waals surface area (Å²) in [7, 11) is 0. The maximum absolute atomic E-state index is 13.2. The maximum Gasteiger partial charge on any atom is 0.318 e. The van der Waals surface area contributed by atoms with Crippen LogP contribution in [0.1, 0.15) is 43.5 Å². The van der Waals surface area contributed by atoms with E-state index in [0.29, 0.717) is 6.54 Å². The van der Waals surface area contributed by atoms with Crippen molar-refractivity contribution in [3.05, 3.63) is 59.7 Å². The number of pyridine rings is 1. The van der Waals surface area contributed by atoms with Gasteiger partial charge in [-0.3, -0.25) is 9.99 Å². The second-order valence-electron chi connectivity index (χ2n) is 7.65. The zero-order valence-corrected chi connectivity index (χ0v) is 16.8. The van der Waals surface area contributed by atoms with Crippen molar-refractivity contribution < 1.29 is 9.18 Å². The van der Waals surface area contributed by atoms with E-state index < -0.39 is 0 Å². The van der Waals surface area contributed by atoms with E-state index in [1.807, 2.05) is 35.2 Å². The molecule has 29 heavy (non-hydrogen) atoms. The van der Waals surface area contributed by atoms with Gasteiger partial charge < -0.3 is 10.2 Å². The number of hydrogen-bond donors (Lipinski definition) is 1. The molecule has 6 nitrogen and oxygen atoms in total. The first-order valence-electron chi connectivity index (χ1n) is 10.2. The molecule has 7 heteroatoms. The Kier molecular flexibility index (Phi) is 5.47. The second-order valence-corrected chi connectivity index (χ2v) is 7.65. The van der Waals surface area contributed by atoms with Crippen molar-refractivity contribution in [1.82, 2.24) is 15.2 Å². The van der Waals surface area contributed by atoms with E-state index in [1.165, 1.54) is 12.1 Å². The quantitative estimate of drug-likeness (QED) is 0.832. The number of halogens is 1. The Morgan fingerprint density at radius 2 is 2.10 bits per heavy atom. The molecule has 2 aliphatic rings. The van der Waals surface area contributed by atoms with Crippen LogP contribution in [0.4, 0.5) is 14.9 Å². The molecule has 2 unspecified atom stereocenters.